The van der Waals surface area contributed by atoms with E-state index in [4.69, 9.17) is 5.73 Å². The number of hydrogen-bond acceptors (Lipinski definition) is 2. The maximum absolute atomic E-state index is 14.3. The summed E-state index contributed by atoms with van der Waals surface area (Å²) in [5, 5.41) is 2.73. The Hall–Kier alpha value is -2.20. The largest absolute Gasteiger partial charge is 0.346 e. The third-order valence-electron chi connectivity index (χ3n) is 3.56. The first-order chi connectivity index (χ1) is 10.3. The minimum atomic E-state index is -0.570. The molecule has 0 aromatic heterocycles. The molecular weight excluding hydrogens is 279 g/mol. The summed E-state index contributed by atoms with van der Waals surface area (Å²) >= 11 is 0. The van der Waals surface area contributed by atoms with E-state index in [1.807, 2.05) is 31.2 Å². The molecule has 0 aliphatic rings. The van der Waals surface area contributed by atoms with Gasteiger partial charge in [0.15, 0.2) is 0 Å². The minimum absolute atomic E-state index is 0.0254. The van der Waals surface area contributed by atoms with Gasteiger partial charge in [0.2, 0.25) is 0 Å². The molecule has 0 radical (unpaired) electrons. The molecule has 0 heterocycles. The fourth-order valence-electron chi connectivity index (χ4n) is 2.05. The van der Waals surface area contributed by atoms with Crippen molar-refractivity contribution in [3.05, 3.63) is 59.4 Å². The minimum Gasteiger partial charge on any atom is -0.346 e. The molecule has 0 spiro atoms. The second kappa shape index (κ2) is 6.28. The molecule has 0 unspecified atom stereocenters. The lowest BCUT2D eigenvalue weighted by Gasteiger charge is -2.24. The zero-order chi connectivity index (χ0) is 16.3. The molecule has 3 nitrogen and oxygen atoms in total. The van der Waals surface area contributed by atoms with E-state index in [9.17, 15) is 9.18 Å². The molecular formula is C18H21FN2O. The zero-order valence-electron chi connectivity index (χ0n) is 13.1. The topological polar surface area (TPSA) is 55.1 Å². The summed E-state index contributed by atoms with van der Waals surface area (Å²) in [5.41, 5.74) is 7.83. The van der Waals surface area contributed by atoms with Gasteiger partial charge in [-0.1, -0.05) is 35.9 Å². The summed E-state index contributed by atoms with van der Waals surface area (Å²) in [7, 11) is 0. The third-order valence-corrected chi connectivity index (χ3v) is 3.56. The Balaban J connectivity index is 2.26. The second-order valence-corrected chi connectivity index (χ2v) is 6.10. The fraction of sp³-hybridized carbons (Fsp3) is 0.278. The molecule has 0 saturated carbocycles. The van der Waals surface area contributed by atoms with Gasteiger partial charge in [-0.25, -0.2) is 4.39 Å². The van der Waals surface area contributed by atoms with Gasteiger partial charge in [0.25, 0.3) is 5.91 Å². The normalized spacial score (nSPS) is 11.3. The average molecular weight is 300 g/mol. The summed E-state index contributed by atoms with van der Waals surface area (Å²) in [6.07, 6.45) is 0. The summed E-state index contributed by atoms with van der Waals surface area (Å²) in [4.78, 5) is 12.1. The Labute approximate surface area is 130 Å². The van der Waals surface area contributed by atoms with Crippen LogP contribution in [0, 0.1) is 12.7 Å². The van der Waals surface area contributed by atoms with E-state index in [2.05, 4.69) is 5.32 Å². The van der Waals surface area contributed by atoms with Crippen LogP contribution in [0.4, 0.5) is 4.39 Å². The molecule has 2 rings (SSSR count). The van der Waals surface area contributed by atoms with Crippen LogP contribution < -0.4 is 11.1 Å². The predicted molar refractivity (Wildman–Crippen MR) is 87.2 cm³/mol. The Kier molecular flexibility index (Phi) is 4.62. The van der Waals surface area contributed by atoms with E-state index in [1.54, 1.807) is 19.9 Å². The SMILES string of the molecule is Cc1ccc(-c2ccc(C(=O)NC(C)(C)CN)c(F)c2)cc1. The average Bonchev–Trinajstić information content (AvgIpc) is 2.47. The fourth-order valence-corrected chi connectivity index (χ4v) is 2.05. The van der Waals surface area contributed by atoms with E-state index in [1.165, 1.54) is 12.1 Å². The molecule has 2 aromatic carbocycles. The number of amides is 1. The first kappa shape index (κ1) is 16.2. The predicted octanol–water partition coefficient (Wildman–Crippen LogP) is 3.27. The number of aryl methyl sites for hydroxylation is 1. The van der Waals surface area contributed by atoms with E-state index in [0.29, 0.717) is 0 Å². The number of rotatable bonds is 4. The highest BCUT2D eigenvalue weighted by Gasteiger charge is 2.21. The van der Waals surface area contributed by atoms with Gasteiger partial charge in [-0.3, -0.25) is 4.79 Å². The van der Waals surface area contributed by atoms with Crippen molar-refractivity contribution >= 4 is 5.91 Å². The van der Waals surface area contributed by atoms with Gasteiger partial charge in [-0.2, -0.15) is 0 Å². The molecule has 0 fully saturated rings. The van der Waals surface area contributed by atoms with Crippen LogP contribution in [0.3, 0.4) is 0 Å². The molecule has 0 saturated heterocycles. The van der Waals surface area contributed by atoms with Crippen LogP contribution in [-0.4, -0.2) is 18.0 Å². The molecule has 0 aliphatic heterocycles. The maximum Gasteiger partial charge on any atom is 0.254 e. The van der Waals surface area contributed by atoms with Gasteiger partial charge in [0.1, 0.15) is 5.82 Å². The number of carbonyl (C=O) groups excluding carboxylic acids is 1. The number of nitrogens with one attached hydrogen (secondary N) is 1. The van der Waals surface area contributed by atoms with Gasteiger partial charge >= 0.3 is 0 Å². The number of nitrogens with two attached hydrogens (primary N) is 1. The highest BCUT2D eigenvalue weighted by atomic mass is 19.1. The lowest BCUT2D eigenvalue weighted by molar-refractivity contribution is 0.0911. The first-order valence-corrected chi connectivity index (χ1v) is 7.21. The molecule has 0 bridgehead atoms. The van der Waals surface area contributed by atoms with E-state index in [0.717, 1.165) is 16.7 Å². The Morgan fingerprint density at radius 2 is 1.73 bits per heavy atom. The van der Waals surface area contributed by atoms with E-state index < -0.39 is 17.3 Å². The third kappa shape index (κ3) is 3.71. The van der Waals surface area contributed by atoms with Crippen LogP contribution in [-0.2, 0) is 0 Å². The number of benzene rings is 2. The van der Waals surface area contributed by atoms with Crippen molar-refractivity contribution in [2.24, 2.45) is 5.73 Å². The molecule has 22 heavy (non-hydrogen) atoms. The van der Waals surface area contributed by atoms with Gasteiger partial charge < -0.3 is 11.1 Å². The van der Waals surface area contributed by atoms with Crippen molar-refractivity contribution in [3.63, 3.8) is 0 Å². The smallest absolute Gasteiger partial charge is 0.254 e. The van der Waals surface area contributed by atoms with Gasteiger partial charge in [0, 0.05) is 12.1 Å². The van der Waals surface area contributed by atoms with Crippen molar-refractivity contribution in [3.8, 4) is 11.1 Å². The Bertz CT molecular complexity index is 678. The molecule has 2 aromatic rings. The standard InChI is InChI=1S/C18H21FN2O/c1-12-4-6-13(7-5-12)14-8-9-15(16(19)10-14)17(22)21-18(2,3)11-20/h4-10H,11,20H2,1-3H3,(H,21,22). The van der Waals surface area contributed by atoms with Gasteiger partial charge in [-0.15, -0.1) is 0 Å². The summed E-state index contributed by atoms with van der Waals surface area (Å²) < 4.78 is 14.3. The van der Waals surface area contributed by atoms with Crippen LogP contribution in [0.25, 0.3) is 11.1 Å². The zero-order valence-corrected chi connectivity index (χ0v) is 13.1. The second-order valence-electron chi connectivity index (χ2n) is 6.10. The van der Waals surface area contributed by atoms with Crippen LogP contribution >= 0.6 is 0 Å². The first-order valence-electron chi connectivity index (χ1n) is 7.21. The van der Waals surface area contributed by atoms with Crippen LogP contribution in [0.5, 0.6) is 0 Å². The van der Waals surface area contributed by atoms with Gasteiger partial charge in [-0.05, 0) is 44.0 Å². The lowest BCUT2D eigenvalue weighted by atomic mass is 10.0. The van der Waals surface area contributed by atoms with Crippen molar-refractivity contribution in [2.75, 3.05) is 6.54 Å². The quantitative estimate of drug-likeness (QED) is 0.910. The number of halogens is 1. The summed E-state index contributed by atoms with van der Waals surface area (Å²) in [6.45, 7) is 5.87. The summed E-state index contributed by atoms with van der Waals surface area (Å²) in [6, 6.07) is 12.4. The van der Waals surface area contributed by atoms with Crippen molar-refractivity contribution in [1.82, 2.24) is 5.32 Å². The molecule has 1 amide bonds. The van der Waals surface area contributed by atoms with E-state index in [-0.39, 0.29) is 12.1 Å². The summed E-state index contributed by atoms with van der Waals surface area (Å²) in [5.74, 6) is -0.994. The highest BCUT2D eigenvalue weighted by Crippen LogP contribution is 2.22. The Morgan fingerprint density at radius 1 is 1.14 bits per heavy atom. The Morgan fingerprint density at radius 3 is 2.27 bits per heavy atom. The van der Waals surface area contributed by atoms with Crippen LogP contribution in [0.15, 0.2) is 42.5 Å². The molecule has 4 heteroatoms. The number of carbonyl (C=O) groups is 1. The highest BCUT2D eigenvalue weighted by molar-refractivity contribution is 5.95. The van der Waals surface area contributed by atoms with Crippen LogP contribution in [0.1, 0.15) is 29.8 Å². The molecule has 0 aliphatic carbocycles. The van der Waals surface area contributed by atoms with Crippen molar-refractivity contribution in [2.45, 2.75) is 26.3 Å². The van der Waals surface area contributed by atoms with Crippen molar-refractivity contribution < 1.29 is 9.18 Å². The van der Waals surface area contributed by atoms with Crippen LogP contribution in [0.2, 0.25) is 0 Å². The molecule has 116 valence electrons. The molecule has 3 N–H and O–H groups in total. The molecule has 0 atom stereocenters. The van der Waals surface area contributed by atoms with E-state index >= 15 is 0 Å². The number of hydrogen-bond donors (Lipinski definition) is 2. The lowest BCUT2D eigenvalue weighted by Crippen LogP contribution is -2.49. The monoisotopic (exact) mass is 300 g/mol. The van der Waals surface area contributed by atoms with Gasteiger partial charge in [0.05, 0.1) is 5.56 Å². The van der Waals surface area contributed by atoms with Crippen molar-refractivity contribution in [1.29, 1.82) is 0 Å². The maximum atomic E-state index is 14.3.